The number of methoxy groups -OCH3 is 1. The maximum absolute atomic E-state index is 12.2. The average molecular weight is 280 g/mol. The molecule has 1 amide bonds. The molecule has 5 heteroatoms. The topological polar surface area (TPSA) is 64.3 Å². The third-order valence-electron chi connectivity index (χ3n) is 2.82. The molecule has 0 radical (unpaired) electrons. The van der Waals surface area contributed by atoms with Crippen molar-refractivity contribution >= 4 is 23.1 Å². The zero-order chi connectivity index (χ0) is 14.3. The standard InChI is InChI=1S/C14H20N2O2S/c1-10(8-9-18-2)16-14(17)12(13(15)19)11-6-4-3-5-7-11/h3-7,10,12H,8-9H2,1-2H3,(H2,15,19)(H,16,17). The fraction of sp³-hybridized carbons (Fsp3) is 0.429. The van der Waals surface area contributed by atoms with Crippen molar-refractivity contribution in [2.45, 2.75) is 25.3 Å². The number of nitrogens with two attached hydrogens (primary N) is 1. The summed E-state index contributed by atoms with van der Waals surface area (Å²) in [5.41, 5.74) is 6.50. The molecule has 104 valence electrons. The monoisotopic (exact) mass is 280 g/mol. The van der Waals surface area contributed by atoms with E-state index < -0.39 is 5.92 Å². The first-order valence-electron chi connectivity index (χ1n) is 6.19. The first-order chi connectivity index (χ1) is 9.06. The minimum absolute atomic E-state index is 0.0213. The van der Waals surface area contributed by atoms with Crippen LogP contribution in [0.1, 0.15) is 24.8 Å². The predicted molar refractivity (Wildman–Crippen MR) is 80.1 cm³/mol. The van der Waals surface area contributed by atoms with Crippen molar-refractivity contribution in [2.75, 3.05) is 13.7 Å². The number of hydrogen-bond acceptors (Lipinski definition) is 3. The Morgan fingerprint density at radius 3 is 2.58 bits per heavy atom. The largest absolute Gasteiger partial charge is 0.392 e. The average Bonchev–Trinajstić information content (AvgIpc) is 2.37. The number of benzene rings is 1. The Morgan fingerprint density at radius 2 is 2.05 bits per heavy atom. The van der Waals surface area contributed by atoms with Gasteiger partial charge in [-0.05, 0) is 18.9 Å². The molecule has 0 aliphatic carbocycles. The van der Waals surface area contributed by atoms with Crippen LogP contribution in [0.4, 0.5) is 0 Å². The lowest BCUT2D eigenvalue weighted by Gasteiger charge is -2.19. The van der Waals surface area contributed by atoms with E-state index in [9.17, 15) is 4.79 Å². The number of carbonyl (C=O) groups is 1. The van der Waals surface area contributed by atoms with Crippen molar-refractivity contribution in [1.29, 1.82) is 0 Å². The fourth-order valence-electron chi connectivity index (χ4n) is 1.78. The molecule has 0 heterocycles. The van der Waals surface area contributed by atoms with Crippen molar-refractivity contribution in [3.05, 3.63) is 35.9 Å². The Balaban J connectivity index is 2.72. The van der Waals surface area contributed by atoms with Gasteiger partial charge in [0.25, 0.3) is 0 Å². The zero-order valence-electron chi connectivity index (χ0n) is 11.3. The Morgan fingerprint density at radius 1 is 1.42 bits per heavy atom. The zero-order valence-corrected chi connectivity index (χ0v) is 12.1. The molecule has 2 atom stereocenters. The highest BCUT2D eigenvalue weighted by Gasteiger charge is 2.24. The van der Waals surface area contributed by atoms with Gasteiger partial charge in [0.1, 0.15) is 5.92 Å². The summed E-state index contributed by atoms with van der Waals surface area (Å²) in [6.45, 7) is 2.53. The van der Waals surface area contributed by atoms with E-state index in [4.69, 9.17) is 22.7 Å². The molecule has 0 aliphatic heterocycles. The molecule has 4 nitrogen and oxygen atoms in total. The number of hydrogen-bond donors (Lipinski definition) is 2. The van der Waals surface area contributed by atoms with Gasteiger partial charge in [-0.2, -0.15) is 0 Å². The van der Waals surface area contributed by atoms with Crippen molar-refractivity contribution in [3.63, 3.8) is 0 Å². The lowest BCUT2D eigenvalue weighted by atomic mass is 9.98. The van der Waals surface area contributed by atoms with Crippen LogP contribution in [0.3, 0.4) is 0 Å². The van der Waals surface area contributed by atoms with E-state index in [2.05, 4.69) is 5.32 Å². The molecule has 1 rings (SSSR count). The minimum Gasteiger partial charge on any atom is -0.392 e. The highest BCUT2D eigenvalue weighted by atomic mass is 32.1. The lowest BCUT2D eigenvalue weighted by Crippen LogP contribution is -2.41. The van der Waals surface area contributed by atoms with Gasteiger partial charge in [-0.25, -0.2) is 0 Å². The van der Waals surface area contributed by atoms with Crippen LogP contribution in [0, 0.1) is 0 Å². The molecule has 1 aromatic rings. The van der Waals surface area contributed by atoms with Gasteiger partial charge in [-0.3, -0.25) is 4.79 Å². The first kappa shape index (κ1) is 15.6. The summed E-state index contributed by atoms with van der Waals surface area (Å²) in [4.78, 5) is 12.4. The maximum Gasteiger partial charge on any atom is 0.234 e. The molecule has 2 unspecified atom stereocenters. The van der Waals surface area contributed by atoms with Crippen LogP contribution in [0.15, 0.2) is 30.3 Å². The van der Waals surface area contributed by atoms with E-state index in [1.54, 1.807) is 7.11 Å². The SMILES string of the molecule is COCCC(C)NC(=O)C(C(N)=S)c1ccccc1. The van der Waals surface area contributed by atoms with Gasteiger partial charge in [0.15, 0.2) is 0 Å². The van der Waals surface area contributed by atoms with Crippen molar-refractivity contribution in [2.24, 2.45) is 5.73 Å². The second-order valence-corrected chi connectivity index (χ2v) is 4.91. The summed E-state index contributed by atoms with van der Waals surface area (Å²) in [6.07, 6.45) is 0.751. The molecular weight excluding hydrogens is 260 g/mol. The maximum atomic E-state index is 12.2. The van der Waals surface area contributed by atoms with E-state index in [0.717, 1.165) is 12.0 Å². The third kappa shape index (κ3) is 4.96. The van der Waals surface area contributed by atoms with Crippen molar-refractivity contribution in [3.8, 4) is 0 Å². The van der Waals surface area contributed by atoms with E-state index in [1.165, 1.54) is 0 Å². The summed E-state index contributed by atoms with van der Waals surface area (Å²) >= 11 is 5.01. The van der Waals surface area contributed by atoms with Gasteiger partial charge >= 0.3 is 0 Å². The molecule has 19 heavy (non-hydrogen) atoms. The fourth-order valence-corrected chi connectivity index (χ4v) is 2.03. The van der Waals surface area contributed by atoms with E-state index in [0.29, 0.717) is 6.61 Å². The van der Waals surface area contributed by atoms with Gasteiger partial charge in [0.2, 0.25) is 5.91 Å². The Kier molecular flexibility index (Phi) is 6.45. The van der Waals surface area contributed by atoms with Crippen LogP contribution in [0.25, 0.3) is 0 Å². The molecule has 0 aromatic heterocycles. The predicted octanol–water partition coefficient (Wildman–Crippen LogP) is 1.60. The Bertz CT molecular complexity index is 423. The van der Waals surface area contributed by atoms with Crippen LogP contribution in [-0.4, -0.2) is 30.7 Å². The number of thiocarbonyl (C=S) groups is 1. The van der Waals surface area contributed by atoms with Gasteiger partial charge < -0.3 is 15.8 Å². The molecule has 0 spiro atoms. The second kappa shape index (κ2) is 7.86. The molecular formula is C14H20N2O2S. The smallest absolute Gasteiger partial charge is 0.234 e. The summed E-state index contributed by atoms with van der Waals surface area (Å²) in [6, 6.07) is 9.34. The van der Waals surface area contributed by atoms with Crippen LogP contribution in [-0.2, 0) is 9.53 Å². The number of amides is 1. The van der Waals surface area contributed by atoms with Gasteiger partial charge in [-0.1, -0.05) is 42.5 Å². The lowest BCUT2D eigenvalue weighted by molar-refractivity contribution is -0.121. The summed E-state index contributed by atoms with van der Waals surface area (Å²) < 4.78 is 4.98. The molecule has 0 aliphatic rings. The molecule has 0 saturated heterocycles. The molecule has 0 saturated carbocycles. The van der Waals surface area contributed by atoms with Crippen molar-refractivity contribution in [1.82, 2.24) is 5.32 Å². The highest BCUT2D eigenvalue weighted by molar-refractivity contribution is 7.80. The first-order valence-corrected chi connectivity index (χ1v) is 6.60. The minimum atomic E-state index is -0.582. The molecule has 0 bridgehead atoms. The normalized spacial score (nSPS) is 13.6. The number of ether oxygens (including phenoxy) is 1. The van der Waals surface area contributed by atoms with Gasteiger partial charge in [0.05, 0.1) is 4.99 Å². The van der Waals surface area contributed by atoms with Crippen molar-refractivity contribution < 1.29 is 9.53 Å². The van der Waals surface area contributed by atoms with E-state index in [1.807, 2.05) is 37.3 Å². The molecule has 1 aromatic carbocycles. The Labute approximate surface area is 119 Å². The molecule has 3 N–H and O–H groups in total. The van der Waals surface area contributed by atoms with E-state index >= 15 is 0 Å². The second-order valence-electron chi connectivity index (χ2n) is 4.44. The summed E-state index contributed by atoms with van der Waals surface area (Å²) in [5.74, 6) is -0.747. The van der Waals surface area contributed by atoms with Crippen LogP contribution in [0.2, 0.25) is 0 Å². The van der Waals surface area contributed by atoms with Crippen LogP contribution in [0.5, 0.6) is 0 Å². The van der Waals surface area contributed by atoms with Crippen LogP contribution < -0.4 is 11.1 Å². The van der Waals surface area contributed by atoms with Crippen LogP contribution >= 0.6 is 12.2 Å². The number of carbonyl (C=O) groups excluding carboxylic acids is 1. The summed E-state index contributed by atoms with van der Waals surface area (Å²) in [7, 11) is 1.64. The Hall–Kier alpha value is -1.46. The highest BCUT2D eigenvalue weighted by Crippen LogP contribution is 2.16. The summed E-state index contributed by atoms with van der Waals surface area (Å²) in [5, 5.41) is 2.91. The van der Waals surface area contributed by atoms with E-state index in [-0.39, 0.29) is 16.9 Å². The van der Waals surface area contributed by atoms with Gasteiger partial charge in [-0.15, -0.1) is 0 Å². The number of nitrogens with one attached hydrogen (secondary N) is 1. The number of rotatable bonds is 7. The third-order valence-corrected chi connectivity index (χ3v) is 3.06. The quantitative estimate of drug-likeness (QED) is 0.745. The molecule has 0 fully saturated rings. The van der Waals surface area contributed by atoms with Gasteiger partial charge in [0, 0.05) is 19.8 Å².